The molecule has 1 amide bonds. The number of imidazole rings is 1. The second-order valence-corrected chi connectivity index (χ2v) is 6.97. The molecule has 0 unspecified atom stereocenters. The number of pyridine rings is 1. The zero-order valence-electron chi connectivity index (χ0n) is 15.3. The van der Waals surface area contributed by atoms with Crippen molar-refractivity contribution in [3.63, 3.8) is 0 Å². The van der Waals surface area contributed by atoms with Gasteiger partial charge in [0.15, 0.2) is 0 Å². The Labute approximate surface area is 150 Å². The third-order valence-electron chi connectivity index (χ3n) is 5.14. The van der Waals surface area contributed by atoms with Gasteiger partial charge in [-0.15, -0.1) is 0 Å². The Kier molecular flexibility index (Phi) is 5.84. The summed E-state index contributed by atoms with van der Waals surface area (Å²) in [6, 6.07) is 4.29. The fraction of sp³-hybridized carbons (Fsp3) is 0.550. The van der Waals surface area contributed by atoms with E-state index in [0.29, 0.717) is 12.3 Å². The van der Waals surface area contributed by atoms with E-state index in [9.17, 15) is 4.79 Å². The van der Waals surface area contributed by atoms with Crippen molar-refractivity contribution in [1.82, 2.24) is 19.4 Å². The lowest BCUT2D eigenvalue weighted by Gasteiger charge is -2.32. The highest BCUT2D eigenvalue weighted by Gasteiger charge is 2.22. The third kappa shape index (κ3) is 4.68. The van der Waals surface area contributed by atoms with Crippen molar-refractivity contribution in [1.29, 1.82) is 0 Å². The van der Waals surface area contributed by atoms with E-state index in [0.717, 1.165) is 56.8 Å². The van der Waals surface area contributed by atoms with E-state index in [4.69, 9.17) is 0 Å². The minimum atomic E-state index is 0.272. The van der Waals surface area contributed by atoms with E-state index < -0.39 is 0 Å². The first-order chi connectivity index (χ1) is 12.2. The number of carbonyl (C=O) groups is 1. The predicted octanol–water partition coefficient (Wildman–Crippen LogP) is 3.02. The highest BCUT2D eigenvalue weighted by atomic mass is 16.2. The number of aryl methyl sites for hydroxylation is 3. The van der Waals surface area contributed by atoms with Crippen LogP contribution in [0.25, 0.3) is 0 Å². The highest BCUT2D eigenvalue weighted by Crippen LogP contribution is 2.22. The summed E-state index contributed by atoms with van der Waals surface area (Å²) in [5.74, 6) is 2.00. The number of amides is 1. The molecule has 0 spiro atoms. The van der Waals surface area contributed by atoms with Gasteiger partial charge in [0.1, 0.15) is 5.82 Å². The first-order valence-electron chi connectivity index (χ1n) is 9.35. The number of hydrogen-bond acceptors (Lipinski definition) is 3. The Morgan fingerprint density at radius 3 is 2.76 bits per heavy atom. The summed E-state index contributed by atoms with van der Waals surface area (Å²) in [4.78, 5) is 23.1. The summed E-state index contributed by atoms with van der Waals surface area (Å²) >= 11 is 0. The van der Waals surface area contributed by atoms with Gasteiger partial charge in [0.25, 0.3) is 0 Å². The van der Waals surface area contributed by atoms with Gasteiger partial charge in [0.05, 0.1) is 0 Å². The maximum atomic E-state index is 12.5. The van der Waals surface area contributed by atoms with Gasteiger partial charge in [-0.2, -0.15) is 0 Å². The summed E-state index contributed by atoms with van der Waals surface area (Å²) in [7, 11) is 0. The summed E-state index contributed by atoms with van der Waals surface area (Å²) in [6.07, 6.45) is 10.4. The van der Waals surface area contributed by atoms with Crippen LogP contribution in [-0.4, -0.2) is 38.4 Å². The molecule has 0 bridgehead atoms. The molecule has 1 fully saturated rings. The van der Waals surface area contributed by atoms with Crippen LogP contribution in [0.4, 0.5) is 0 Å². The van der Waals surface area contributed by atoms with Crippen molar-refractivity contribution >= 4 is 5.91 Å². The lowest BCUT2D eigenvalue weighted by Crippen LogP contribution is -2.39. The van der Waals surface area contributed by atoms with Crippen LogP contribution in [0.5, 0.6) is 0 Å². The number of hydrogen-bond donors (Lipinski definition) is 0. The third-order valence-corrected chi connectivity index (χ3v) is 5.14. The molecule has 0 radical (unpaired) electrons. The Bertz CT molecular complexity index is 701. The number of nitrogens with zero attached hydrogens (tertiary/aromatic N) is 4. The maximum Gasteiger partial charge on any atom is 0.224 e. The molecule has 2 aromatic rings. The van der Waals surface area contributed by atoms with Gasteiger partial charge in [-0.3, -0.25) is 9.78 Å². The topological polar surface area (TPSA) is 51.0 Å². The molecule has 0 saturated carbocycles. The van der Waals surface area contributed by atoms with E-state index in [1.165, 1.54) is 5.56 Å². The van der Waals surface area contributed by atoms with Gasteiger partial charge < -0.3 is 9.47 Å². The molecule has 134 valence electrons. The Hall–Kier alpha value is -2.17. The van der Waals surface area contributed by atoms with E-state index >= 15 is 0 Å². The van der Waals surface area contributed by atoms with Crippen LogP contribution in [0.1, 0.15) is 43.3 Å². The Morgan fingerprint density at radius 1 is 1.24 bits per heavy atom. The van der Waals surface area contributed by atoms with Crippen molar-refractivity contribution in [2.75, 3.05) is 13.1 Å². The molecule has 1 saturated heterocycles. The van der Waals surface area contributed by atoms with Crippen LogP contribution in [0.3, 0.4) is 0 Å². The molecular weight excluding hydrogens is 312 g/mol. The zero-order chi connectivity index (χ0) is 17.6. The fourth-order valence-corrected chi connectivity index (χ4v) is 3.68. The van der Waals surface area contributed by atoms with Crippen LogP contribution in [0.2, 0.25) is 0 Å². The molecule has 25 heavy (non-hydrogen) atoms. The minimum absolute atomic E-state index is 0.272. The fourth-order valence-electron chi connectivity index (χ4n) is 3.68. The minimum Gasteiger partial charge on any atom is -0.343 e. The van der Waals surface area contributed by atoms with Gasteiger partial charge in [-0.05, 0) is 49.8 Å². The molecule has 5 heteroatoms. The second kappa shape index (κ2) is 8.28. The number of likely N-dealkylation sites (tertiary alicyclic amines) is 1. The molecule has 3 heterocycles. The standard InChI is InChI=1S/C20H28N4O/c1-3-19-22-9-13-23(19)12-7-20(25)24-10-5-17(6-11-24)15-18-4-8-21-16(2)14-18/h4,8-9,13-14,17H,3,5-7,10-12,15H2,1-2H3. The van der Waals surface area contributed by atoms with Crippen molar-refractivity contribution in [2.24, 2.45) is 5.92 Å². The number of piperidine rings is 1. The lowest BCUT2D eigenvalue weighted by atomic mass is 9.90. The molecule has 5 nitrogen and oxygen atoms in total. The quantitative estimate of drug-likeness (QED) is 0.812. The Balaban J connectivity index is 1.44. The van der Waals surface area contributed by atoms with Crippen LogP contribution in [0, 0.1) is 12.8 Å². The first kappa shape index (κ1) is 17.6. The van der Waals surface area contributed by atoms with E-state index in [1.54, 1.807) is 0 Å². The average Bonchev–Trinajstić information content (AvgIpc) is 3.08. The Morgan fingerprint density at radius 2 is 2.04 bits per heavy atom. The van der Waals surface area contributed by atoms with Gasteiger partial charge in [-0.25, -0.2) is 4.98 Å². The average molecular weight is 340 g/mol. The van der Waals surface area contributed by atoms with Gasteiger partial charge in [0.2, 0.25) is 5.91 Å². The van der Waals surface area contributed by atoms with Crippen molar-refractivity contribution in [2.45, 2.75) is 52.5 Å². The van der Waals surface area contributed by atoms with Crippen LogP contribution < -0.4 is 0 Å². The molecule has 0 atom stereocenters. The normalized spacial score (nSPS) is 15.5. The van der Waals surface area contributed by atoms with Crippen LogP contribution >= 0.6 is 0 Å². The number of rotatable bonds is 6. The first-order valence-corrected chi connectivity index (χ1v) is 9.35. The van der Waals surface area contributed by atoms with Crippen LogP contribution in [0.15, 0.2) is 30.7 Å². The van der Waals surface area contributed by atoms with Crippen molar-refractivity contribution in [3.8, 4) is 0 Å². The van der Waals surface area contributed by atoms with Gasteiger partial charge >= 0.3 is 0 Å². The molecule has 0 N–H and O–H groups in total. The van der Waals surface area contributed by atoms with Crippen molar-refractivity contribution in [3.05, 3.63) is 47.8 Å². The second-order valence-electron chi connectivity index (χ2n) is 6.97. The van der Waals surface area contributed by atoms with Crippen LogP contribution in [-0.2, 0) is 24.2 Å². The van der Waals surface area contributed by atoms with Crippen molar-refractivity contribution < 1.29 is 4.79 Å². The monoisotopic (exact) mass is 340 g/mol. The smallest absolute Gasteiger partial charge is 0.224 e. The zero-order valence-corrected chi connectivity index (χ0v) is 15.3. The molecule has 1 aliphatic heterocycles. The van der Waals surface area contributed by atoms with E-state index in [2.05, 4.69) is 33.6 Å². The molecule has 0 aromatic carbocycles. The SMILES string of the molecule is CCc1nccn1CCC(=O)N1CCC(Cc2ccnc(C)c2)CC1. The molecule has 1 aliphatic rings. The largest absolute Gasteiger partial charge is 0.343 e. The lowest BCUT2D eigenvalue weighted by molar-refractivity contribution is -0.132. The molecule has 2 aromatic heterocycles. The summed E-state index contributed by atoms with van der Waals surface area (Å²) in [5.41, 5.74) is 2.44. The molecule has 0 aliphatic carbocycles. The van der Waals surface area contributed by atoms with E-state index in [-0.39, 0.29) is 5.91 Å². The highest BCUT2D eigenvalue weighted by molar-refractivity contribution is 5.76. The molecular formula is C20H28N4O. The van der Waals surface area contributed by atoms with E-state index in [1.807, 2.05) is 30.4 Å². The molecule has 3 rings (SSSR count). The summed E-state index contributed by atoms with van der Waals surface area (Å²) in [5, 5.41) is 0. The number of aromatic nitrogens is 3. The predicted molar refractivity (Wildman–Crippen MR) is 98.2 cm³/mol. The van der Waals surface area contributed by atoms with Gasteiger partial charge in [0, 0.05) is 56.8 Å². The van der Waals surface area contributed by atoms with Gasteiger partial charge in [-0.1, -0.05) is 6.92 Å². The summed E-state index contributed by atoms with van der Waals surface area (Å²) in [6.45, 7) is 6.64. The number of carbonyl (C=O) groups excluding carboxylic acids is 1. The summed E-state index contributed by atoms with van der Waals surface area (Å²) < 4.78 is 2.09. The maximum absolute atomic E-state index is 12.5.